The molecule has 0 unspecified atom stereocenters. The molecule has 2 aliphatic rings. The van der Waals surface area contributed by atoms with Gasteiger partial charge in [-0.3, -0.25) is 9.78 Å². The van der Waals surface area contributed by atoms with Crippen LogP contribution in [0.2, 0.25) is 0 Å². The van der Waals surface area contributed by atoms with Crippen LogP contribution in [0.15, 0.2) is 48.9 Å². The van der Waals surface area contributed by atoms with E-state index in [2.05, 4.69) is 30.8 Å². The lowest BCUT2D eigenvalue weighted by Crippen LogP contribution is -2.33. The molecular weight excluding hydrogens is 511 g/mol. The predicted octanol–water partition coefficient (Wildman–Crippen LogP) is 4.33. The van der Waals surface area contributed by atoms with Crippen molar-refractivity contribution in [3.05, 3.63) is 60.4 Å². The van der Waals surface area contributed by atoms with Gasteiger partial charge < -0.3 is 26.6 Å². The van der Waals surface area contributed by atoms with E-state index in [1.165, 1.54) is 29.4 Å². The number of amides is 1. The highest BCUT2D eigenvalue weighted by Crippen LogP contribution is 2.28. The number of anilines is 5. The van der Waals surface area contributed by atoms with Gasteiger partial charge in [0.2, 0.25) is 0 Å². The molecule has 40 heavy (non-hydrogen) atoms. The second-order valence-electron chi connectivity index (χ2n) is 10.4. The maximum Gasteiger partial charge on any atom is 0.276 e. The van der Waals surface area contributed by atoms with Crippen LogP contribution in [-0.4, -0.2) is 55.6 Å². The first-order valence-corrected chi connectivity index (χ1v) is 13.8. The summed E-state index contributed by atoms with van der Waals surface area (Å²) in [5, 5.41) is 14.2. The number of hydrogen-bond acceptors (Lipinski definition) is 9. The number of piperidine rings is 1. The van der Waals surface area contributed by atoms with Crippen molar-refractivity contribution in [1.29, 1.82) is 0 Å². The number of carbonyl (C=O) groups is 1. The molecule has 12 heteroatoms. The van der Waals surface area contributed by atoms with Gasteiger partial charge in [0, 0.05) is 37.4 Å². The summed E-state index contributed by atoms with van der Waals surface area (Å²) >= 11 is 0. The highest BCUT2D eigenvalue weighted by molar-refractivity contribution is 6.03. The fourth-order valence-corrected chi connectivity index (χ4v) is 5.35. The SMILES string of the molecule is NC1CCC(Nc2cc(Nc3cccc(N4CCCCC4)n3)c3ncc(C(=O)Nc4ccncc4F)n3n2)CC1. The minimum atomic E-state index is -0.627. The summed E-state index contributed by atoms with van der Waals surface area (Å²) in [5.74, 6) is 1.01. The van der Waals surface area contributed by atoms with Crippen molar-refractivity contribution in [2.75, 3.05) is 33.9 Å². The van der Waals surface area contributed by atoms with Crippen molar-refractivity contribution in [2.45, 2.75) is 57.0 Å². The fraction of sp³-hybridized carbons (Fsp3) is 0.393. The summed E-state index contributed by atoms with van der Waals surface area (Å²) in [4.78, 5) is 28.6. The Balaban J connectivity index is 1.33. The van der Waals surface area contributed by atoms with Gasteiger partial charge in [-0.1, -0.05) is 6.07 Å². The van der Waals surface area contributed by atoms with E-state index in [0.29, 0.717) is 23.0 Å². The molecule has 1 aliphatic heterocycles. The maximum atomic E-state index is 14.2. The number of aromatic nitrogens is 5. The van der Waals surface area contributed by atoms with Gasteiger partial charge in [0.25, 0.3) is 5.91 Å². The topological polar surface area (TPSA) is 138 Å². The zero-order valence-electron chi connectivity index (χ0n) is 22.2. The van der Waals surface area contributed by atoms with Crippen molar-refractivity contribution < 1.29 is 9.18 Å². The van der Waals surface area contributed by atoms with E-state index in [1.54, 1.807) is 0 Å². The van der Waals surface area contributed by atoms with Crippen LogP contribution >= 0.6 is 0 Å². The van der Waals surface area contributed by atoms with Crippen molar-refractivity contribution in [2.24, 2.45) is 5.73 Å². The molecule has 0 radical (unpaired) electrons. The Labute approximate surface area is 231 Å². The lowest BCUT2D eigenvalue weighted by atomic mass is 9.92. The van der Waals surface area contributed by atoms with Crippen LogP contribution in [-0.2, 0) is 0 Å². The molecule has 6 rings (SSSR count). The first-order chi connectivity index (χ1) is 19.5. The molecule has 1 saturated heterocycles. The smallest absolute Gasteiger partial charge is 0.276 e. The molecule has 0 bridgehead atoms. The van der Waals surface area contributed by atoms with E-state index in [4.69, 9.17) is 15.8 Å². The van der Waals surface area contributed by atoms with Crippen LogP contribution in [0, 0.1) is 5.82 Å². The fourth-order valence-electron chi connectivity index (χ4n) is 5.35. The summed E-state index contributed by atoms with van der Waals surface area (Å²) in [7, 11) is 0. The highest BCUT2D eigenvalue weighted by Gasteiger charge is 2.22. The maximum absolute atomic E-state index is 14.2. The van der Waals surface area contributed by atoms with Gasteiger partial charge in [0.1, 0.15) is 17.5 Å². The van der Waals surface area contributed by atoms with E-state index in [0.717, 1.165) is 63.6 Å². The number of nitrogens with two attached hydrogens (primary N) is 1. The molecule has 1 amide bonds. The highest BCUT2D eigenvalue weighted by atomic mass is 19.1. The van der Waals surface area contributed by atoms with Gasteiger partial charge in [-0.05, 0) is 63.1 Å². The van der Waals surface area contributed by atoms with Crippen molar-refractivity contribution in [3.8, 4) is 0 Å². The van der Waals surface area contributed by atoms with Crippen LogP contribution in [0.4, 0.5) is 33.2 Å². The molecule has 2 fully saturated rings. The van der Waals surface area contributed by atoms with Gasteiger partial charge in [-0.2, -0.15) is 0 Å². The van der Waals surface area contributed by atoms with E-state index in [-0.39, 0.29) is 23.5 Å². The largest absolute Gasteiger partial charge is 0.366 e. The van der Waals surface area contributed by atoms with E-state index < -0.39 is 11.7 Å². The third-order valence-electron chi connectivity index (χ3n) is 7.52. The molecule has 1 aliphatic carbocycles. The van der Waals surface area contributed by atoms with Gasteiger partial charge in [0.15, 0.2) is 17.2 Å². The third-order valence-corrected chi connectivity index (χ3v) is 7.52. The Morgan fingerprint density at radius 1 is 1.00 bits per heavy atom. The average molecular weight is 545 g/mol. The zero-order valence-corrected chi connectivity index (χ0v) is 22.2. The lowest BCUT2D eigenvalue weighted by molar-refractivity contribution is 0.102. The van der Waals surface area contributed by atoms with Gasteiger partial charge >= 0.3 is 0 Å². The Bertz CT molecular complexity index is 1490. The first-order valence-electron chi connectivity index (χ1n) is 13.8. The van der Waals surface area contributed by atoms with Crippen molar-refractivity contribution in [3.63, 3.8) is 0 Å². The number of nitrogens with one attached hydrogen (secondary N) is 3. The minimum Gasteiger partial charge on any atom is -0.366 e. The van der Waals surface area contributed by atoms with Crippen LogP contribution in [0.25, 0.3) is 5.65 Å². The van der Waals surface area contributed by atoms with Gasteiger partial charge in [-0.15, -0.1) is 5.10 Å². The van der Waals surface area contributed by atoms with Crippen LogP contribution in [0.5, 0.6) is 0 Å². The van der Waals surface area contributed by atoms with Crippen LogP contribution in [0.1, 0.15) is 55.4 Å². The normalized spacial score (nSPS) is 19.4. The molecular formula is C28H33FN10O. The standard InChI is InChI=1S/C28H33FN10O/c29-20-16-31-12-11-21(20)35-28(40)23-17-32-27-22(15-25(37-39(23)27)33-19-9-7-18(30)8-10-19)34-24-5-4-6-26(36-24)38-13-2-1-3-14-38/h4-6,11-12,15-19H,1-3,7-10,13-14,30H2,(H,33,37)(H,34,36)(H,31,35,40). The average Bonchev–Trinajstić information content (AvgIpc) is 3.41. The second kappa shape index (κ2) is 11.4. The van der Waals surface area contributed by atoms with E-state index in [9.17, 15) is 9.18 Å². The third kappa shape index (κ3) is 5.67. The van der Waals surface area contributed by atoms with E-state index in [1.807, 2.05) is 24.3 Å². The molecule has 5 heterocycles. The number of rotatable bonds is 7. The summed E-state index contributed by atoms with van der Waals surface area (Å²) in [6.07, 6.45) is 11.2. The summed E-state index contributed by atoms with van der Waals surface area (Å²) in [6, 6.07) is 9.63. The molecule has 208 valence electrons. The molecule has 0 spiro atoms. The Hall–Kier alpha value is -4.32. The number of fused-ring (bicyclic) bond motifs is 1. The van der Waals surface area contributed by atoms with E-state index >= 15 is 0 Å². The minimum absolute atomic E-state index is 0.0276. The molecule has 0 aromatic carbocycles. The van der Waals surface area contributed by atoms with Gasteiger partial charge in [0.05, 0.1) is 23.8 Å². The number of nitrogens with zero attached hydrogens (tertiary/aromatic N) is 6. The quantitative estimate of drug-likeness (QED) is 0.268. The summed E-state index contributed by atoms with van der Waals surface area (Å²) in [6.45, 7) is 1.98. The molecule has 11 nitrogen and oxygen atoms in total. The predicted molar refractivity (Wildman–Crippen MR) is 153 cm³/mol. The molecule has 4 aromatic rings. The van der Waals surface area contributed by atoms with Crippen molar-refractivity contribution in [1.82, 2.24) is 24.6 Å². The number of imidazole rings is 1. The lowest BCUT2D eigenvalue weighted by Gasteiger charge is -2.28. The number of pyridine rings is 2. The van der Waals surface area contributed by atoms with Crippen LogP contribution < -0.4 is 26.6 Å². The Morgan fingerprint density at radius 3 is 2.62 bits per heavy atom. The first kappa shape index (κ1) is 25.9. The molecule has 5 N–H and O–H groups in total. The number of halogens is 1. The summed E-state index contributed by atoms with van der Waals surface area (Å²) in [5.41, 5.74) is 7.38. The number of carbonyl (C=O) groups excluding carboxylic acids is 1. The molecule has 1 saturated carbocycles. The van der Waals surface area contributed by atoms with Crippen LogP contribution in [0.3, 0.4) is 0 Å². The zero-order chi connectivity index (χ0) is 27.5. The molecule has 4 aromatic heterocycles. The summed E-state index contributed by atoms with van der Waals surface area (Å²) < 4.78 is 15.7. The molecule has 0 atom stereocenters. The Morgan fingerprint density at radius 2 is 1.82 bits per heavy atom. The number of hydrogen-bond donors (Lipinski definition) is 4. The Kier molecular flexibility index (Phi) is 7.41. The van der Waals surface area contributed by atoms with Crippen molar-refractivity contribution >= 4 is 40.4 Å². The monoisotopic (exact) mass is 544 g/mol. The van der Waals surface area contributed by atoms with Gasteiger partial charge in [-0.25, -0.2) is 18.9 Å². The second-order valence-corrected chi connectivity index (χ2v) is 10.4.